The summed E-state index contributed by atoms with van der Waals surface area (Å²) in [4.78, 5) is 31.5. The van der Waals surface area contributed by atoms with E-state index in [-0.39, 0.29) is 39.0 Å². The number of carboxylic acid groups (broad SMARTS) is 1. The number of anilines is 1. The van der Waals surface area contributed by atoms with Gasteiger partial charge >= 0.3 is 6.09 Å². The van der Waals surface area contributed by atoms with Crippen molar-refractivity contribution in [1.29, 1.82) is 0 Å². The standard InChI is InChI=1S/C31H35Cl2N3O4/c1-30(2,3)31(36(4)29(39)40)11-9-20(10-12-31)35-26-21-13-18(19-14-23(32)28(38)24(33)15-19)7-8-25(21)34-16-22(26)27(37)17-5-6-17/h7-8,13-17,20,38H,5-6,9-12H2,1-4H3,(H,34,35)(H,39,40). The van der Waals surface area contributed by atoms with E-state index in [1.165, 1.54) is 4.90 Å². The fourth-order valence-electron chi connectivity index (χ4n) is 6.23. The second-order valence-corrected chi connectivity index (χ2v) is 13.1. The molecule has 0 unspecified atom stereocenters. The lowest BCUT2D eigenvalue weighted by Gasteiger charge is -2.53. The first-order valence-corrected chi connectivity index (χ1v) is 14.5. The Morgan fingerprint density at radius 1 is 1.02 bits per heavy atom. The number of phenolic OH excluding ortho intramolecular Hbond substituents is 1. The summed E-state index contributed by atoms with van der Waals surface area (Å²) in [6.45, 7) is 6.31. The second-order valence-electron chi connectivity index (χ2n) is 12.2. The van der Waals surface area contributed by atoms with E-state index < -0.39 is 11.6 Å². The van der Waals surface area contributed by atoms with Gasteiger partial charge in [0, 0.05) is 30.6 Å². The zero-order valence-electron chi connectivity index (χ0n) is 23.2. The van der Waals surface area contributed by atoms with E-state index >= 15 is 0 Å². The van der Waals surface area contributed by atoms with Crippen molar-refractivity contribution >= 4 is 51.7 Å². The van der Waals surface area contributed by atoms with Crippen LogP contribution < -0.4 is 5.32 Å². The number of phenols is 1. The van der Waals surface area contributed by atoms with Gasteiger partial charge in [0.2, 0.25) is 0 Å². The Morgan fingerprint density at radius 2 is 1.65 bits per heavy atom. The average molecular weight is 585 g/mol. The number of carbonyl (C=O) groups excluding carboxylic acids is 1. The molecule has 0 aliphatic heterocycles. The van der Waals surface area contributed by atoms with Crippen molar-refractivity contribution in [3.05, 3.63) is 52.1 Å². The Hall–Kier alpha value is -3.03. The molecular formula is C31H35Cl2N3O4. The number of carbonyl (C=O) groups is 2. The summed E-state index contributed by atoms with van der Waals surface area (Å²) in [6.07, 6.45) is 5.49. The molecule has 1 amide bonds. The predicted molar refractivity (Wildman–Crippen MR) is 160 cm³/mol. The van der Waals surface area contributed by atoms with E-state index in [2.05, 4.69) is 31.1 Å². The van der Waals surface area contributed by atoms with E-state index in [0.717, 1.165) is 53.4 Å². The smallest absolute Gasteiger partial charge is 0.407 e. The number of amides is 1. The molecule has 0 saturated heterocycles. The zero-order chi connectivity index (χ0) is 29.0. The highest BCUT2D eigenvalue weighted by atomic mass is 35.5. The summed E-state index contributed by atoms with van der Waals surface area (Å²) in [7, 11) is 1.67. The topological polar surface area (TPSA) is 103 Å². The van der Waals surface area contributed by atoms with Gasteiger partial charge in [-0.3, -0.25) is 9.78 Å². The molecule has 2 aliphatic rings. The molecular weight excluding hydrogens is 549 g/mol. The van der Waals surface area contributed by atoms with Gasteiger partial charge in [0.1, 0.15) is 0 Å². The van der Waals surface area contributed by atoms with Crippen LogP contribution in [0.5, 0.6) is 5.75 Å². The monoisotopic (exact) mass is 583 g/mol. The molecule has 2 fully saturated rings. The van der Waals surface area contributed by atoms with Crippen molar-refractivity contribution in [2.45, 2.75) is 70.9 Å². The summed E-state index contributed by atoms with van der Waals surface area (Å²) in [5.74, 6) is -0.0309. The lowest BCUT2D eigenvalue weighted by Crippen LogP contribution is -2.59. The molecule has 2 saturated carbocycles. The number of aromatic nitrogens is 1. The molecule has 3 aromatic rings. The van der Waals surface area contributed by atoms with Crippen LogP contribution in [0, 0.1) is 11.3 Å². The number of rotatable bonds is 6. The van der Waals surface area contributed by atoms with E-state index in [1.807, 2.05) is 18.2 Å². The SMILES string of the molecule is CN(C(=O)O)C1(C(C)(C)C)CCC(Nc2c(C(=O)C3CC3)cnc3ccc(-c4cc(Cl)c(O)c(Cl)c4)cc23)CC1. The highest BCUT2D eigenvalue weighted by Crippen LogP contribution is 2.47. The molecule has 0 spiro atoms. The maximum atomic E-state index is 13.4. The number of benzene rings is 2. The van der Waals surface area contributed by atoms with Crippen molar-refractivity contribution < 1.29 is 19.8 Å². The van der Waals surface area contributed by atoms with Gasteiger partial charge in [-0.2, -0.15) is 0 Å². The normalized spacial score (nSPS) is 21.3. The van der Waals surface area contributed by atoms with Crippen LogP contribution in [0.2, 0.25) is 10.0 Å². The minimum Gasteiger partial charge on any atom is -0.505 e. The number of fused-ring (bicyclic) bond motifs is 1. The minimum absolute atomic E-state index is 0.0295. The Labute approximate surface area is 244 Å². The van der Waals surface area contributed by atoms with Crippen LogP contribution in [0.1, 0.15) is 69.7 Å². The molecule has 2 aliphatic carbocycles. The molecule has 7 nitrogen and oxygen atoms in total. The van der Waals surface area contributed by atoms with Crippen molar-refractivity contribution in [1.82, 2.24) is 9.88 Å². The molecule has 1 aromatic heterocycles. The fourth-order valence-corrected chi connectivity index (χ4v) is 6.71. The molecule has 9 heteroatoms. The average Bonchev–Trinajstić information content (AvgIpc) is 3.76. The van der Waals surface area contributed by atoms with Crippen molar-refractivity contribution in [3.8, 4) is 16.9 Å². The number of halogens is 2. The van der Waals surface area contributed by atoms with Gasteiger partial charge in [-0.15, -0.1) is 0 Å². The summed E-state index contributed by atoms with van der Waals surface area (Å²) in [5, 5.41) is 24.7. The van der Waals surface area contributed by atoms with E-state index in [1.54, 1.807) is 25.4 Å². The second kappa shape index (κ2) is 10.4. The van der Waals surface area contributed by atoms with Gasteiger partial charge in [-0.25, -0.2) is 4.79 Å². The van der Waals surface area contributed by atoms with Crippen LogP contribution in [0.4, 0.5) is 10.5 Å². The predicted octanol–water partition coefficient (Wildman–Crippen LogP) is 8.26. The zero-order valence-corrected chi connectivity index (χ0v) is 24.7. The number of nitrogens with one attached hydrogen (secondary N) is 1. The molecule has 3 N–H and O–H groups in total. The maximum Gasteiger partial charge on any atom is 0.407 e. The lowest BCUT2D eigenvalue weighted by atomic mass is 9.64. The number of Topliss-reactive ketones (excluding diaryl/α,β-unsaturated/α-hetero) is 1. The van der Waals surface area contributed by atoms with Crippen LogP contribution in [0.15, 0.2) is 36.5 Å². The minimum atomic E-state index is -0.916. The summed E-state index contributed by atoms with van der Waals surface area (Å²) in [6, 6.07) is 9.19. The van der Waals surface area contributed by atoms with Gasteiger partial charge in [0.25, 0.3) is 0 Å². The van der Waals surface area contributed by atoms with E-state index in [0.29, 0.717) is 18.4 Å². The highest BCUT2D eigenvalue weighted by molar-refractivity contribution is 6.37. The number of hydrogen-bond donors (Lipinski definition) is 3. The Kier molecular flexibility index (Phi) is 7.42. The van der Waals surface area contributed by atoms with E-state index in [9.17, 15) is 19.8 Å². The third kappa shape index (κ3) is 5.10. The van der Waals surface area contributed by atoms with Gasteiger partial charge in [0.15, 0.2) is 11.5 Å². The molecule has 0 bridgehead atoms. The van der Waals surface area contributed by atoms with Gasteiger partial charge in [-0.05, 0) is 79.3 Å². The third-order valence-corrected chi connectivity index (χ3v) is 9.49. The van der Waals surface area contributed by atoms with Crippen LogP contribution in [0.25, 0.3) is 22.0 Å². The van der Waals surface area contributed by atoms with Crippen molar-refractivity contribution in [2.24, 2.45) is 11.3 Å². The molecule has 0 atom stereocenters. The first-order valence-electron chi connectivity index (χ1n) is 13.7. The summed E-state index contributed by atoms with van der Waals surface area (Å²) >= 11 is 12.4. The maximum absolute atomic E-state index is 13.4. The van der Waals surface area contributed by atoms with Gasteiger partial charge in [0.05, 0.1) is 32.4 Å². The molecule has 1 heterocycles. The van der Waals surface area contributed by atoms with Crippen molar-refractivity contribution in [3.63, 3.8) is 0 Å². The number of hydrogen-bond acceptors (Lipinski definition) is 5. The number of pyridine rings is 1. The van der Waals surface area contributed by atoms with Crippen LogP contribution in [0.3, 0.4) is 0 Å². The highest BCUT2D eigenvalue weighted by Gasteiger charge is 2.49. The fraction of sp³-hybridized carbons (Fsp3) is 0.452. The Morgan fingerprint density at radius 3 is 2.20 bits per heavy atom. The number of ketones is 1. The molecule has 212 valence electrons. The Bertz CT molecular complexity index is 1460. The molecule has 2 aromatic carbocycles. The molecule has 0 radical (unpaired) electrons. The van der Waals surface area contributed by atoms with Gasteiger partial charge < -0.3 is 20.4 Å². The Balaban J connectivity index is 1.53. The van der Waals surface area contributed by atoms with Crippen LogP contribution >= 0.6 is 23.2 Å². The molecule has 40 heavy (non-hydrogen) atoms. The quantitative estimate of drug-likeness (QED) is 0.252. The molecule has 5 rings (SSSR count). The van der Waals surface area contributed by atoms with Crippen molar-refractivity contribution in [2.75, 3.05) is 12.4 Å². The first-order chi connectivity index (χ1) is 18.8. The summed E-state index contributed by atoms with van der Waals surface area (Å²) in [5.41, 5.74) is 2.96. The first kappa shape index (κ1) is 28.5. The van der Waals surface area contributed by atoms with Crippen LogP contribution in [-0.4, -0.2) is 50.6 Å². The largest absolute Gasteiger partial charge is 0.505 e. The number of aromatic hydroxyl groups is 1. The summed E-state index contributed by atoms with van der Waals surface area (Å²) < 4.78 is 0. The lowest BCUT2D eigenvalue weighted by molar-refractivity contribution is -0.0121. The van der Waals surface area contributed by atoms with E-state index in [4.69, 9.17) is 23.2 Å². The number of nitrogens with zero attached hydrogens (tertiary/aromatic N) is 2. The van der Waals surface area contributed by atoms with Crippen LogP contribution in [-0.2, 0) is 0 Å². The van der Waals surface area contributed by atoms with Gasteiger partial charge in [-0.1, -0.05) is 50.0 Å². The third-order valence-electron chi connectivity index (χ3n) is 8.92.